The number of aromatic nitrogens is 1. The zero-order valence-electron chi connectivity index (χ0n) is 13.7. The first-order valence-corrected chi connectivity index (χ1v) is 8.84. The van der Waals surface area contributed by atoms with Gasteiger partial charge < -0.3 is 14.4 Å². The van der Waals surface area contributed by atoms with Gasteiger partial charge in [0.15, 0.2) is 0 Å². The minimum atomic E-state index is -0.516. The van der Waals surface area contributed by atoms with Crippen LogP contribution < -0.4 is 5.32 Å². The summed E-state index contributed by atoms with van der Waals surface area (Å²) in [5, 5.41) is 5.11. The van der Waals surface area contributed by atoms with Crippen molar-refractivity contribution in [2.45, 2.75) is 13.5 Å². The van der Waals surface area contributed by atoms with Gasteiger partial charge in [-0.3, -0.25) is 5.32 Å². The Morgan fingerprint density at radius 2 is 2.17 bits per heavy atom. The van der Waals surface area contributed by atoms with E-state index in [2.05, 4.69) is 9.69 Å². The first kappa shape index (κ1) is 18.4. The van der Waals surface area contributed by atoms with Gasteiger partial charge in [0.05, 0.1) is 26.0 Å². The Morgan fingerprint density at radius 3 is 2.79 bits per heavy atom. The van der Waals surface area contributed by atoms with Crippen molar-refractivity contribution < 1.29 is 19.1 Å². The van der Waals surface area contributed by atoms with E-state index < -0.39 is 5.97 Å². The summed E-state index contributed by atoms with van der Waals surface area (Å²) in [5.41, 5.74) is 0.822. The SMILES string of the molecule is COCCN(Cc1cccs1)C(=O)Nc1snc(C)c1C(=O)OC. The van der Waals surface area contributed by atoms with Gasteiger partial charge in [-0.25, -0.2) is 9.59 Å². The third kappa shape index (κ3) is 4.53. The fourth-order valence-electron chi connectivity index (χ4n) is 2.02. The van der Waals surface area contributed by atoms with Gasteiger partial charge in [0.2, 0.25) is 0 Å². The lowest BCUT2D eigenvalue weighted by molar-refractivity contribution is 0.0601. The normalized spacial score (nSPS) is 10.5. The molecule has 0 atom stereocenters. The number of hydrogen-bond acceptors (Lipinski definition) is 7. The van der Waals surface area contributed by atoms with Crippen LogP contribution in [0.15, 0.2) is 17.5 Å². The van der Waals surface area contributed by atoms with Crippen LogP contribution in [0.1, 0.15) is 20.9 Å². The van der Waals surface area contributed by atoms with Gasteiger partial charge in [-0.05, 0) is 29.9 Å². The molecule has 2 amide bonds. The number of amides is 2. The van der Waals surface area contributed by atoms with E-state index in [0.717, 1.165) is 16.4 Å². The molecule has 0 aliphatic carbocycles. The monoisotopic (exact) mass is 369 g/mol. The fourth-order valence-corrected chi connectivity index (χ4v) is 3.51. The Morgan fingerprint density at radius 1 is 1.38 bits per heavy atom. The van der Waals surface area contributed by atoms with Crippen LogP contribution in [-0.4, -0.2) is 48.6 Å². The number of esters is 1. The molecule has 2 rings (SSSR count). The number of anilines is 1. The van der Waals surface area contributed by atoms with Gasteiger partial charge in [-0.2, -0.15) is 4.37 Å². The molecule has 0 aliphatic heterocycles. The highest BCUT2D eigenvalue weighted by atomic mass is 32.1. The highest BCUT2D eigenvalue weighted by Gasteiger charge is 2.23. The highest BCUT2D eigenvalue weighted by Crippen LogP contribution is 2.26. The summed E-state index contributed by atoms with van der Waals surface area (Å²) in [6.45, 7) is 3.03. The molecule has 0 bridgehead atoms. The van der Waals surface area contributed by atoms with E-state index in [1.807, 2.05) is 17.5 Å². The Hall–Kier alpha value is -1.97. The summed E-state index contributed by atoms with van der Waals surface area (Å²) in [5.74, 6) is -0.516. The number of rotatable bonds is 7. The maximum Gasteiger partial charge on any atom is 0.342 e. The predicted molar refractivity (Wildman–Crippen MR) is 93.8 cm³/mol. The molecule has 130 valence electrons. The van der Waals surface area contributed by atoms with Crippen molar-refractivity contribution in [2.24, 2.45) is 0 Å². The zero-order valence-corrected chi connectivity index (χ0v) is 15.3. The fraction of sp³-hybridized carbons (Fsp3) is 0.400. The van der Waals surface area contributed by atoms with E-state index in [1.165, 1.54) is 7.11 Å². The van der Waals surface area contributed by atoms with E-state index in [-0.39, 0.29) is 6.03 Å². The van der Waals surface area contributed by atoms with Crippen LogP contribution in [0, 0.1) is 6.92 Å². The second-order valence-electron chi connectivity index (χ2n) is 4.89. The molecule has 9 heteroatoms. The minimum Gasteiger partial charge on any atom is -0.465 e. The average molecular weight is 369 g/mol. The standard InChI is InChI=1S/C15H19N3O4S2/c1-10-12(14(19)22-3)13(24-17-10)16-15(20)18(6-7-21-2)9-11-5-4-8-23-11/h4-5,8H,6-7,9H2,1-3H3,(H,16,20). The summed E-state index contributed by atoms with van der Waals surface area (Å²) in [7, 11) is 2.88. The van der Waals surface area contributed by atoms with Crippen LogP contribution >= 0.6 is 22.9 Å². The molecule has 0 aliphatic rings. The molecule has 2 aromatic heterocycles. The van der Waals surface area contributed by atoms with Crippen LogP contribution in [0.2, 0.25) is 0 Å². The maximum atomic E-state index is 12.6. The molecule has 0 fully saturated rings. The van der Waals surface area contributed by atoms with Crippen molar-refractivity contribution in [1.29, 1.82) is 0 Å². The van der Waals surface area contributed by atoms with E-state index in [4.69, 9.17) is 9.47 Å². The van der Waals surface area contributed by atoms with Crippen LogP contribution in [-0.2, 0) is 16.0 Å². The molecule has 0 unspecified atom stereocenters. The van der Waals surface area contributed by atoms with Gasteiger partial charge >= 0.3 is 12.0 Å². The lowest BCUT2D eigenvalue weighted by atomic mass is 10.2. The first-order valence-electron chi connectivity index (χ1n) is 7.18. The van der Waals surface area contributed by atoms with Crippen molar-refractivity contribution in [3.05, 3.63) is 33.6 Å². The Labute approximate surface area is 148 Å². The number of methoxy groups -OCH3 is 2. The van der Waals surface area contributed by atoms with E-state index in [1.54, 1.807) is 30.3 Å². The number of aryl methyl sites for hydroxylation is 1. The molecular weight excluding hydrogens is 350 g/mol. The van der Waals surface area contributed by atoms with Crippen molar-refractivity contribution in [3.63, 3.8) is 0 Å². The summed E-state index contributed by atoms with van der Waals surface area (Å²) < 4.78 is 13.9. The number of carbonyl (C=O) groups is 2. The predicted octanol–water partition coefficient (Wildman–Crippen LogP) is 2.98. The Bertz CT molecular complexity index is 685. The molecular formula is C15H19N3O4S2. The Kier molecular flexibility index (Phi) is 6.71. The summed E-state index contributed by atoms with van der Waals surface area (Å²) >= 11 is 2.64. The number of thiophene rings is 1. The number of carbonyl (C=O) groups excluding carboxylic acids is 2. The average Bonchev–Trinajstić information content (AvgIpc) is 3.20. The molecule has 0 saturated heterocycles. The quantitative estimate of drug-likeness (QED) is 0.759. The molecule has 24 heavy (non-hydrogen) atoms. The first-order chi connectivity index (χ1) is 11.6. The van der Waals surface area contributed by atoms with Gasteiger partial charge in [-0.1, -0.05) is 6.07 Å². The third-order valence-corrected chi connectivity index (χ3v) is 4.97. The number of urea groups is 1. The highest BCUT2D eigenvalue weighted by molar-refractivity contribution is 7.11. The largest absolute Gasteiger partial charge is 0.465 e. The minimum absolute atomic E-state index is 0.290. The van der Waals surface area contributed by atoms with E-state index in [9.17, 15) is 9.59 Å². The molecule has 0 saturated carbocycles. The van der Waals surface area contributed by atoms with Crippen LogP contribution in [0.5, 0.6) is 0 Å². The summed E-state index contributed by atoms with van der Waals surface area (Å²) in [6, 6.07) is 3.59. The van der Waals surface area contributed by atoms with Crippen molar-refractivity contribution in [1.82, 2.24) is 9.27 Å². The zero-order chi connectivity index (χ0) is 17.5. The number of nitrogens with one attached hydrogen (secondary N) is 1. The second kappa shape index (κ2) is 8.76. The molecule has 2 aromatic rings. The molecule has 0 aromatic carbocycles. The van der Waals surface area contributed by atoms with Crippen LogP contribution in [0.4, 0.5) is 9.80 Å². The number of nitrogens with zero attached hydrogens (tertiary/aromatic N) is 2. The van der Waals surface area contributed by atoms with Crippen LogP contribution in [0.3, 0.4) is 0 Å². The van der Waals surface area contributed by atoms with Gasteiger partial charge in [0.25, 0.3) is 0 Å². The van der Waals surface area contributed by atoms with Crippen LogP contribution in [0.25, 0.3) is 0 Å². The van der Waals surface area contributed by atoms with Crippen molar-refractivity contribution in [2.75, 3.05) is 32.7 Å². The third-order valence-electron chi connectivity index (χ3n) is 3.25. The lowest BCUT2D eigenvalue weighted by Crippen LogP contribution is -2.36. The molecule has 0 radical (unpaired) electrons. The smallest absolute Gasteiger partial charge is 0.342 e. The number of ether oxygens (including phenoxy) is 2. The Balaban J connectivity index is 2.13. The van der Waals surface area contributed by atoms with Crippen molar-refractivity contribution >= 4 is 39.9 Å². The molecule has 0 spiro atoms. The van der Waals surface area contributed by atoms with Gasteiger partial charge in [0, 0.05) is 18.5 Å². The molecule has 7 nitrogen and oxygen atoms in total. The molecule has 2 heterocycles. The van der Waals surface area contributed by atoms with Gasteiger partial charge in [-0.15, -0.1) is 11.3 Å². The molecule has 1 N–H and O–H groups in total. The number of hydrogen-bond donors (Lipinski definition) is 1. The van der Waals surface area contributed by atoms with E-state index in [0.29, 0.717) is 36.0 Å². The topological polar surface area (TPSA) is 80.8 Å². The van der Waals surface area contributed by atoms with E-state index >= 15 is 0 Å². The summed E-state index contributed by atoms with van der Waals surface area (Å²) in [6.07, 6.45) is 0. The summed E-state index contributed by atoms with van der Waals surface area (Å²) in [4.78, 5) is 27.2. The van der Waals surface area contributed by atoms with Gasteiger partial charge in [0.1, 0.15) is 10.6 Å². The second-order valence-corrected chi connectivity index (χ2v) is 6.69. The maximum absolute atomic E-state index is 12.6. The van der Waals surface area contributed by atoms with Crippen molar-refractivity contribution in [3.8, 4) is 0 Å². The lowest BCUT2D eigenvalue weighted by Gasteiger charge is -2.22.